The molecule has 0 radical (unpaired) electrons. The molecule has 0 atom stereocenters. The normalized spacial score (nSPS) is 10.4. The van der Waals surface area contributed by atoms with Gasteiger partial charge in [0.15, 0.2) is 6.61 Å². The molecule has 0 bridgehead atoms. The molecule has 0 unspecified atom stereocenters. The van der Waals surface area contributed by atoms with Crippen LogP contribution < -0.4 is 5.32 Å². The Morgan fingerprint density at radius 2 is 1.62 bits per heavy atom. The van der Waals surface area contributed by atoms with Crippen LogP contribution in [0.25, 0.3) is 11.0 Å². The molecule has 0 saturated carbocycles. The van der Waals surface area contributed by atoms with Crippen LogP contribution in [0, 0.1) is 13.8 Å². The van der Waals surface area contributed by atoms with Gasteiger partial charge < -0.3 is 14.8 Å². The molecular weight excluding hydrogens is 374 g/mol. The minimum absolute atomic E-state index is 0.202. The second-order valence-electron chi connectivity index (χ2n) is 6.26. The first kappa shape index (κ1) is 19.9. The molecule has 1 heterocycles. The number of ether oxygens (including phenoxy) is 2. The zero-order valence-corrected chi connectivity index (χ0v) is 16.2. The van der Waals surface area contributed by atoms with E-state index in [0.29, 0.717) is 11.0 Å². The van der Waals surface area contributed by atoms with Crippen LogP contribution in [0.3, 0.4) is 0 Å². The van der Waals surface area contributed by atoms with Crippen molar-refractivity contribution in [1.82, 2.24) is 9.97 Å². The molecule has 0 fully saturated rings. The highest BCUT2D eigenvalue weighted by molar-refractivity contribution is 6.02. The average Bonchev–Trinajstić information content (AvgIpc) is 2.72. The van der Waals surface area contributed by atoms with E-state index in [0.717, 1.165) is 11.4 Å². The van der Waals surface area contributed by atoms with Gasteiger partial charge in [0, 0.05) is 0 Å². The van der Waals surface area contributed by atoms with Gasteiger partial charge in [-0.25, -0.2) is 19.6 Å². The van der Waals surface area contributed by atoms with Crippen LogP contribution in [0.4, 0.5) is 5.69 Å². The average molecular weight is 393 g/mol. The molecule has 3 rings (SSSR count). The lowest BCUT2D eigenvalue weighted by Gasteiger charge is -2.10. The van der Waals surface area contributed by atoms with Crippen molar-refractivity contribution in [1.29, 1.82) is 0 Å². The quantitative estimate of drug-likeness (QED) is 0.664. The third-order valence-corrected chi connectivity index (χ3v) is 4.25. The molecule has 0 aliphatic carbocycles. The largest absolute Gasteiger partial charge is 0.465 e. The maximum Gasteiger partial charge on any atom is 0.339 e. The zero-order valence-electron chi connectivity index (χ0n) is 16.2. The molecule has 3 aromatic rings. The van der Waals surface area contributed by atoms with Gasteiger partial charge in [0.1, 0.15) is 0 Å². The Bertz CT molecular complexity index is 1110. The van der Waals surface area contributed by atoms with E-state index in [4.69, 9.17) is 4.74 Å². The Kier molecular flexibility index (Phi) is 5.82. The first-order valence-corrected chi connectivity index (χ1v) is 8.78. The molecule has 2 aromatic carbocycles. The highest BCUT2D eigenvalue weighted by Gasteiger charge is 2.15. The second-order valence-corrected chi connectivity index (χ2v) is 6.26. The number of fused-ring (bicyclic) bond motifs is 1. The van der Waals surface area contributed by atoms with Crippen molar-refractivity contribution in [2.75, 3.05) is 19.0 Å². The zero-order chi connectivity index (χ0) is 21.0. The van der Waals surface area contributed by atoms with Crippen molar-refractivity contribution in [3.63, 3.8) is 0 Å². The van der Waals surface area contributed by atoms with Crippen LogP contribution in [0.5, 0.6) is 0 Å². The van der Waals surface area contributed by atoms with Crippen molar-refractivity contribution >= 4 is 34.6 Å². The number of aromatic nitrogens is 2. The molecule has 1 aromatic heterocycles. The van der Waals surface area contributed by atoms with Crippen molar-refractivity contribution < 1.29 is 23.9 Å². The van der Waals surface area contributed by atoms with E-state index >= 15 is 0 Å². The number of rotatable bonds is 5. The summed E-state index contributed by atoms with van der Waals surface area (Å²) < 4.78 is 9.76. The molecule has 148 valence electrons. The number of amides is 1. The lowest BCUT2D eigenvalue weighted by molar-refractivity contribution is -0.119. The first-order valence-electron chi connectivity index (χ1n) is 8.78. The third-order valence-electron chi connectivity index (χ3n) is 4.25. The molecule has 0 aliphatic rings. The summed E-state index contributed by atoms with van der Waals surface area (Å²) in [5.41, 5.74) is 3.56. The third kappa shape index (κ3) is 4.55. The minimum atomic E-state index is -0.664. The molecule has 1 amide bonds. The van der Waals surface area contributed by atoms with Crippen LogP contribution in [0.2, 0.25) is 0 Å². The Morgan fingerprint density at radius 3 is 2.34 bits per heavy atom. The molecule has 1 N–H and O–H groups in total. The van der Waals surface area contributed by atoms with E-state index in [1.54, 1.807) is 36.4 Å². The highest BCUT2D eigenvalue weighted by Crippen LogP contribution is 2.17. The van der Waals surface area contributed by atoms with Gasteiger partial charge >= 0.3 is 11.9 Å². The van der Waals surface area contributed by atoms with E-state index in [1.165, 1.54) is 13.2 Å². The summed E-state index contributed by atoms with van der Waals surface area (Å²) in [7, 11) is 1.25. The number of methoxy groups -OCH3 is 1. The fourth-order valence-electron chi connectivity index (χ4n) is 2.64. The fourth-order valence-corrected chi connectivity index (χ4v) is 2.64. The summed E-state index contributed by atoms with van der Waals surface area (Å²) in [6, 6.07) is 11.2. The Labute approximate surface area is 166 Å². The van der Waals surface area contributed by atoms with E-state index < -0.39 is 24.5 Å². The first-order chi connectivity index (χ1) is 13.9. The van der Waals surface area contributed by atoms with Gasteiger partial charge in [0.2, 0.25) is 0 Å². The van der Waals surface area contributed by atoms with Crippen LogP contribution in [0.1, 0.15) is 32.1 Å². The number of para-hydroxylation sites is 1. The maximum absolute atomic E-state index is 12.3. The van der Waals surface area contributed by atoms with Gasteiger partial charge in [0.25, 0.3) is 5.91 Å². The van der Waals surface area contributed by atoms with Crippen LogP contribution in [0.15, 0.2) is 42.5 Å². The van der Waals surface area contributed by atoms with E-state index in [9.17, 15) is 14.4 Å². The number of benzene rings is 2. The van der Waals surface area contributed by atoms with Crippen molar-refractivity contribution in [2.24, 2.45) is 0 Å². The van der Waals surface area contributed by atoms with Crippen LogP contribution >= 0.6 is 0 Å². The lowest BCUT2D eigenvalue weighted by Crippen LogP contribution is -2.22. The Morgan fingerprint density at radius 1 is 0.931 bits per heavy atom. The van der Waals surface area contributed by atoms with E-state index in [2.05, 4.69) is 20.0 Å². The number of hydrogen-bond acceptors (Lipinski definition) is 7. The highest BCUT2D eigenvalue weighted by atomic mass is 16.5. The fraction of sp³-hybridized carbons (Fsp3) is 0.190. The number of carbonyl (C=O) groups is 3. The Balaban J connectivity index is 1.66. The predicted octanol–water partition coefficient (Wildman–Crippen LogP) is 2.83. The van der Waals surface area contributed by atoms with Gasteiger partial charge in [0.05, 0.1) is 46.3 Å². The number of aryl methyl sites for hydroxylation is 2. The monoisotopic (exact) mass is 393 g/mol. The molecule has 8 heteroatoms. The van der Waals surface area contributed by atoms with Crippen LogP contribution in [-0.4, -0.2) is 41.5 Å². The van der Waals surface area contributed by atoms with Gasteiger partial charge in [-0.1, -0.05) is 12.1 Å². The number of anilines is 1. The number of nitrogens with one attached hydrogen (secondary N) is 1. The van der Waals surface area contributed by atoms with E-state index in [1.807, 2.05) is 13.8 Å². The number of esters is 2. The van der Waals surface area contributed by atoms with Gasteiger partial charge in [-0.3, -0.25) is 4.79 Å². The second kappa shape index (κ2) is 8.47. The van der Waals surface area contributed by atoms with E-state index in [-0.39, 0.29) is 16.8 Å². The van der Waals surface area contributed by atoms with Crippen molar-refractivity contribution in [3.8, 4) is 0 Å². The minimum Gasteiger partial charge on any atom is -0.465 e. The van der Waals surface area contributed by atoms with Crippen molar-refractivity contribution in [2.45, 2.75) is 13.8 Å². The number of carbonyl (C=O) groups excluding carboxylic acids is 3. The number of nitrogens with zero attached hydrogens (tertiary/aromatic N) is 2. The van der Waals surface area contributed by atoms with Crippen LogP contribution in [-0.2, 0) is 14.3 Å². The topological polar surface area (TPSA) is 107 Å². The summed E-state index contributed by atoms with van der Waals surface area (Å²) in [6.07, 6.45) is 0. The summed E-state index contributed by atoms with van der Waals surface area (Å²) in [5, 5.41) is 2.54. The van der Waals surface area contributed by atoms with Gasteiger partial charge in [-0.2, -0.15) is 0 Å². The standard InChI is InChI=1S/C21H19N3O5/c1-12-13(2)23-18-10-14(8-9-17(18)22-12)20(26)29-11-19(25)24-16-7-5-4-6-15(16)21(27)28-3/h4-10H,11H2,1-3H3,(H,24,25). The lowest BCUT2D eigenvalue weighted by atomic mass is 10.2. The molecule has 29 heavy (non-hydrogen) atoms. The molecule has 8 nitrogen and oxygen atoms in total. The number of hydrogen-bond donors (Lipinski definition) is 1. The smallest absolute Gasteiger partial charge is 0.339 e. The van der Waals surface area contributed by atoms with Gasteiger partial charge in [-0.15, -0.1) is 0 Å². The molecule has 0 spiro atoms. The summed E-state index contributed by atoms with van der Waals surface area (Å²) in [6.45, 7) is 3.19. The van der Waals surface area contributed by atoms with Crippen molar-refractivity contribution in [3.05, 3.63) is 65.0 Å². The molecule has 0 aliphatic heterocycles. The SMILES string of the molecule is COC(=O)c1ccccc1NC(=O)COC(=O)c1ccc2nc(C)c(C)nc2c1. The summed E-state index contributed by atoms with van der Waals surface area (Å²) >= 11 is 0. The van der Waals surface area contributed by atoms with Gasteiger partial charge in [-0.05, 0) is 44.2 Å². The Hall–Kier alpha value is -3.81. The predicted molar refractivity (Wildman–Crippen MR) is 106 cm³/mol. The molecular formula is C21H19N3O5. The summed E-state index contributed by atoms with van der Waals surface area (Å²) in [5.74, 6) is -1.83. The molecule has 0 saturated heterocycles. The maximum atomic E-state index is 12.3. The summed E-state index contributed by atoms with van der Waals surface area (Å²) in [4.78, 5) is 45.0.